The van der Waals surface area contributed by atoms with Crippen LogP contribution in [-0.4, -0.2) is 19.1 Å². The van der Waals surface area contributed by atoms with Crippen LogP contribution in [0.2, 0.25) is 0 Å². The number of ether oxygens (including phenoxy) is 1. The van der Waals surface area contributed by atoms with Crippen molar-refractivity contribution in [2.45, 2.75) is 33.6 Å². The normalized spacial score (nSPS) is 12.2. The van der Waals surface area contributed by atoms with Crippen LogP contribution >= 0.6 is 0 Å². The van der Waals surface area contributed by atoms with Crippen LogP contribution in [0.15, 0.2) is 18.2 Å². The Morgan fingerprint density at radius 1 is 1.47 bits per heavy atom. The third kappa shape index (κ3) is 5.30. The molecule has 1 rings (SSSR count). The monoisotopic (exact) mass is 264 g/mol. The topological polar surface area (TPSA) is 64.3 Å². The van der Waals surface area contributed by atoms with E-state index in [1.54, 1.807) is 0 Å². The molecular formula is C15H24N2O2. The number of hydrogen-bond donors (Lipinski definition) is 2. The molecule has 4 nitrogen and oxygen atoms in total. The molecule has 0 aliphatic heterocycles. The van der Waals surface area contributed by atoms with Crippen molar-refractivity contribution in [1.29, 1.82) is 0 Å². The fourth-order valence-corrected chi connectivity index (χ4v) is 1.90. The molecule has 0 saturated heterocycles. The van der Waals surface area contributed by atoms with E-state index in [0.29, 0.717) is 18.2 Å². The second-order valence-corrected chi connectivity index (χ2v) is 4.98. The zero-order valence-electron chi connectivity index (χ0n) is 12.0. The molecule has 1 amide bonds. The maximum absolute atomic E-state index is 11.7. The zero-order chi connectivity index (χ0) is 14.3. The fourth-order valence-electron chi connectivity index (χ4n) is 1.90. The summed E-state index contributed by atoms with van der Waals surface area (Å²) in [6.45, 7) is 6.86. The smallest absolute Gasteiger partial charge is 0.250 e. The summed E-state index contributed by atoms with van der Waals surface area (Å²) in [7, 11) is 0. The third-order valence-electron chi connectivity index (χ3n) is 3.07. The van der Waals surface area contributed by atoms with Gasteiger partial charge in [0.25, 0.3) is 0 Å². The van der Waals surface area contributed by atoms with Crippen molar-refractivity contribution in [3.05, 3.63) is 23.8 Å². The van der Waals surface area contributed by atoms with Crippen LogP contribution in [0.1, 0.15) is 32.3 Å². The van der Waals surface area contributed by atoms with Gasteiger partial charge in [0.2, 0.25) is 5.91 Å². The minimum absolute atomic E-state index is 0.0856. The molecule has 3 N–H and O–H groups in total. The first kappa shape index (κ1) is 15.5. The van der Waals surface area contributed by atoms with Crippen LogP contribution in [0.4, 0.5) is 11.4 Å². The van der Waals surface area contributed by atoms with Gasteiger partial charge in [-0.3, -0.25) is 4.79 Å². The number of nitrogens with one attached hydrogen (secondary N) is 1. The molecule has 0 aromatic heterocycles. The molecule has 1 unspecified atom stereocenters. The molecule has 106 valence electrons. The predicted octanol–water partition coefficient (Wildman–Crippen LogP) is 2.97. The summed E-state index contributed by atoms with van der Waals surface area (Å²) in [4.78, 5) is 11.7. The van der Waals surface area contributed by atoms with Crippen LogP contribution in [0.25, 0.3) is 0 Å². The first-order valence-electron chi connectivity index (χ1n) is 6.77. The number of amides is 1. The Morgan fingerprint density at radius 2 is 2.21 bits per heavy atom. The van der Waals surface area contributed by atoms with Gasteiger partial charge in [-0.25, -0.2) is 0 Å². The van der Waals surface area contributed by atoms with E-state index in [9.17, 15) is 4.79 Å². The lowest BCUT2D eigenvalue weighted by Crippen LogP contribution is -2.20. The predicted molar refractivity (Wildman–Crippen MR) is 79.1 cm³/mol. The van der Waals surface area contributed by atoms with Gasteiger partial charge in [-0.2, -0.15) is 0 Å². The van der Waals surface area contributed by atoms with E-state index >= 15 is 0 Å². The summed E-state index contributed by atoms with van der Waals surface area (Å²) >= 11 is 0. The highest BCUT2D eigenvalue weighted by atomic mass is 16.5. The SMILES string of the molecule is CCCC(C)COCC(=O)Nc1cccc(N)c1C. The molecule has 1 aromatic rings. The Kier molecular flexibility index (Phi) is 6.36. The van der Waals surface area contributed by atoms with Crippen LogP contribution in [0.3, 0.4) is 0 Å². The molecule has 0 fully saturated rings. The third-order valence-corrected chi connectivity index (χ3v) is 3.07. The number of nitrogens with two attached hydrogens (primary N) is 1. The van der Waals surface area contributed by atoms with Crippen LogP contribution in [0.5, 0.6) is 0 Å². The van der Waals surface area contributed by atoms with E-state index in [2.05, 4.69) is 19.2 Å². The molecule has 0 radical (unpaired) electrons. The molecule has 0 aliphatic carbocycles. The van der Waals surface area contributed by atoms with E-state index < -0.39 is 0 Å². The molecule has 0 saturated carbocycles. The Balaban J connectivity index is 2.37. The number of carbonyl (C=O) groups excluding carboxylic acids is 1. The standard InChI is InChI=1S/C15H24N2O2/c1-4-6-11(2)9-19-10-15(18)17-14-8-5-7-13(16)12(14)3/h5,7-8,11H,4,6,9-10,16H2,1-3H3,(H,17,18). The first-order chi connectivity index (χ1) is 9.04. The molecule has 0 spiro atoms. The highest BCUT2D eigenvalue weighted by Crippen LogP contribution is 2.20. The first-order valence-corrected chi connectivity index (χ1v) is 6.77. The molecule has 0 bridgehead atoms. The van der Waals surface area contributed by atoms with E-state index in [1.165, 1.54) is 0 Å². The van der Waals surface area contributed by atoms with E-state index in [1.807, 2.05) is 25.1 Å². The van der Waals surface area contributed by atoms with Gasteiger partial charge < -0.3 is 15.8 Å². The number of nitrogen functional groups attached to an aromatic ring is 1. The average molecular weight is 264 g/mol. The lowest BCUT2D eigenvalue weighted by atomic mass is 10.1. The van der Waals surface area contributed by atoms with E-state index in [4.69, 9.17) is 10.5 Å². The summed E-state index contributed by atoms with van der Waals surface area (Å²) in [5.74, 6) is 0.351. The van der Waals surface area contributed by atoms with Crippen LogP contribution in [0, 0.1) is 12.8 Å². The van der Waals surface area contributed by atoms with Gasteiger partial charge in [-0.1, -0.05) is 26.3 Å². The maximum atomic E-state index is 11.7. The molecule has 1 atom stereocenters. The van der Waals surface area contributed by atoms with Gasteiger partial charge in [0.05, 0.1) is 0 Å². The highest BCUT2D eigenvalue weighted by molar-refractivity contribution is 5.93. The van der Waals surface area contributed by atoms with Crippen LogP contribution < -0.4 is 11.1 Å². The quantitative estimate of drug-likeness (QED) is 0.744. The Morgan fingerprint density at radius 3 is 2.89 bits per heavy atom. The summed E-state index contributed by atoms with van der Waals surface area (Å²) in [5.41, 5.74) is 8.09. The second-order valence-electron chi connectivity index (χ2n) is 4.98. The average Bonchev–Trinajstić information content (AvgIpc) is 2.35. The molecule has 1 aromatic carbocycles. The van der Waals surface area contributed by atoms with E-state index in [0.717, 1.165) is 24.1 Å². The van der Waals surface area contributed by atoms with Gasteiger partial charge in [0, 0.05) is 18.0 Å². The summed E-state index contributed by atoms with van der Waals surface area (Å²) in [6, 6.07) is 5.47. The number of carbonyl (C=O) groups is 1. The van der Waals surface area contributed by atoms with Gasteiger partial charge in [0.1, 0.15) is 6.61 Å². The number of rotatable bonds is 7. The lowest BCUT2D eigenvalue weighted by Gasteiger charge is -2.12. The molecular weight excluding hydrogens is 240 g/mol. The number of benzene rings is 1. The summed E-state index contributed by atoms with van der Waals surface area (Å²) < 4.78 is 5.41. The van der Waals surface area contributed by atoms with Crippen molar-refractivity contribution >= 4 is 17.3 Å². The number of hydrogen-bond acceptors (Lipinski definition) is 3. The van der Waals surface area contributed by atoms with Crippen LogP contribution in [-0.2, 0) is 9.53 Å². The number of anilines is 2. The molecule has 4 heteroatoms. The minimum Gasteiger partial charge on any atom is -0.398 e. The Hall–Kier alpha value is -1.55. The summed E-state index contributed by atoms with van der Waals surface area (Å²) in [5, 5.41) is 2.81. The van der Waals surface area contributed by atoms with Crippen molar-refractivity contribution in [3.8, 4) is 0 Å². The minimum atomic E-state index is -0.141. The van der Waals surface area contributed by atoms with Crippen molar-refractivity contribution in [1.82, 2.24) is 0 Å². The Labute approximate surface area is 115 Å². The summed E-state index contributed by atoms with van der Waals surface area (Å²) in [6.07, 6.45) is 2.26. The van der Waals surface area contributed by atoms with Crippen molar-refractivity contribution in [2.24, 2.45) is 5.92 Å². The maximum Gasteiger partial charge on any atom is 0.250 e. The van der Waals surface area contributed by atoms with Crippen molar-refractivity contribution in [2.75, 3.05) is 24.3 Å². The van der Waals surface area contributed by atoms with Crippen molar-refractivity contribution < 1.29 is 9.53 Å². The fraction of sp³-hybridized carbons (Fsp3) is 0.533. The van der Waals surface area contributed by atoms with Gasteiger partial charge in [0.15, 0.2) is 0 Å². The molecule has 0 aliphatic rings. The van der Waals surface area contributed by atoms with E-state index in [-0.39, 0.29) is 12.5 Å². The van der Waals surface area contributed by atoms with Gasteiger partial charge in [-0.05, 0) is 37.0 Å². The molecule has 0 heterocycles. The largest absolute Gasteiger partial charge is 0.398 e. The van der Waals surface area contributed by atoms with Crippen molar-refractivity contribution in [3.63, 3.8) is 0 Å². The second kappa shape index (κ2) is 7.79. The highest BCUT2D eigenvalue weighted by Gasteiger charge is 2.07. The van der Waals surface area contributed by atoms with Gasteiger partial charge in [-0.15, -0.1) is 0 Å². The van der Waals surface area contributed by atoms with Gasteiger partial charge >= 0.3 is 0 Å². The Bertz CT molecular complexity index is 419. The zero-order valence-corrected chi connectivity index (χ0v) is 12.0. The lowest BCUT2D eigenvalue weighted by molar-refractivity contribution is -0.121. The molecule has 19 heavy (non-hydrogen) atoms.